The van der Waals surface area contributed by atoms with Crippen LogP contribution in [0.4, 0.5) is 5.69 Å². The smallest absolute Gasteiger partial charge is 0.315 e. The van der Waals surface area contributed by atoms with Gasteiger partial charge in [-0.1, -0.05) is 19.8 Å². The summed E-state index contributed by atoms with van der Waals surface area (Å²) in [5.41, 5.74) is 4.40. The normalized spacial score (nSPS) is 11.1. The van der Waals surface area contributed by atoms with Crippen LogP contribution in [0.2, 0.25) is 0 Å². The minimum absolute atomic E-state index is 0.0759. The highest BCUT2D eigenvalue weighted by atomic mass is 32.1. The predicted molar refractivity (Wildman–Crippen MR) is 123 cm³/mol. The number of fused-ring (bicyclic) bond motifs is 1. The van der Waals surface area contributed by atoms with Gasteiger partial charge in [0.05, 0.1) is 35.9 Å². The number of nitrogens with one attached hydrogen (secondary N) is 3. The summed E-state index contributed by atoms with van der Waals surface area (Å²) < 4.78 is 11.4. The van der Waals surface area contributed by atoms with Gasteiger partial charge in [0.1, 0.15) is 0 Å². The Morgan fingerprint density at radius 2 is 2.03 bits per heavy atom. The van der Waals surface area contributed by atoms with Crippen LogP contribution in [0, 0.1) is 14.9 Å². The standard InChI is InChI=1S/C21H23N5O5S/c1-3-4-5-8-31-19-17(26(28)29)9-13(10-18(19)30-2)12-22-25-20(27)14-6-7-15-16(11-14)24-21(32)23-15/h6-7,9-12H,3-5,8H2,1-2H3,(H,25,27)(H2,23,24,32)/b22-12-. The SMILES string of the molecule is CCCCCOc1c(OC)cc(/C=N\NC(=O)c2ccc3[nH]c(=S)[nH]c3c2)cc1[N+](=O)[O-]. The summed E-state index contributed by atoms with van der Waals surface area (Å²) in [5, 5.41) is 15.5. The van der Waals surface area contributed by atoms with E-state index in [-0.39, 0.29) is 17.2 Å². The maximum atomic E-state index is 12.4. The molecule has 0 atom stereocenters. The quantitative estimate of drug-likeness (QED) is 0.135. The number of nitrogens with zero attached hydrogens (tertiary/aromatic N) is 2. The zero-order valence-corrected chi connectivity index (χ0v) is 18.5. The zero-order valence-electron chi connectivity index (χ0n) is 17.6. The van der Waals surface area contributed by atoms with Crippen LogP contribution in [-0.2, 0) is 0 Å². The van der Waals surface area contributed by atoms with Crippen LogP contribution in [0.25, 0.3) is 11.0 Å². The van der Waals surface area contributed by atoms with Gasteiger partial charge in [-0.25, -0.2) is 5.43 Å². The van der Waals surface area contributed by atoms with Crippen molar-refractivity contribution >= 4 is 41.1 Å². The average Bonchev–Trinajstić information content (AvgIpc) is 3.15. The molecular formula is C21H23N5O5S. The molecule has 0 saturated carbocycles. The number of benzene rings is 2. The summed E-state index contributed by atoms with van der Waals surface area (Å²) >= 11 is 5.04. The number of carbonyl (C=O) groups excluding carboxylic acids is 1. The van der Waals surface area contributed by atoms with Crippen molar-refractivity contribution in [1.29, 1.82) is 0 Å². The maximum Gasteiger partial charge on any atom is 0.315 e. The first-order valence-electron chi connectivity index (χ1n) is 9.97. The third-order valence-electron chi connectivity index (χ3n) is 4.63. The van der Waals surface area contributed by atoms with Crippen molar-refractivity contribution in [2.75, 3.05) is 13.7 Å². The summed E-state index contributed by atoms with van der Waals surface area (Å²) in [6.45, 7) is 2.41. The van der Waals surface area contributed by atoms with Crippen LogP contribution in [-0.4, -0.2) is 40.7 Å². The predicted octanol–water partition coefficient (Wildman–Crippen LogP) is 4.48. The van der Waals surface area contributed by atoms with Gasteiger partial charge in [0.15, 0.2) is 10.5 Å². The lowest BCUT2D eigenvalue weighted by molar-refractivity contribution is -0.386. The van der Waals surface area contributed by atoms with Crippen molar-refractivity contribution < 1.29 is 19.2 Å². The fourth-order valence-corrected chi connectivity index (χ4v) is 3.27. The number of aromatic amines is 2. The van der Waals surface area contributed by atoms with Crippen LogP contribution in [0.3, 0.4) is 0 Å². The number of nitro groups is 1. The Labute approximate surface area is 188 Å². The van der Waals surface area contributed by atoms with E-state index in [1.54, 1.807) is 24.3 Å². The molecule has 2 aromatic carbocycles. The minimum Gasteiger partial charge on any atom is -0.493 e. The fraction of sp³-hybridized carbons (Fsp3) is 0.286. The lowest BCUT2D eigenvalue weighted by Gasteiger charge is -2.11. The number of H-pyrrole nitrogens is 2. The molecule has 3 N–H and O–H groups in total. The van der Waals surface area contributed by atoms with E-state index in [1.165, 1.54) is 19.4 Å². The number of amides is 1. The number of hydrogen-bond acceptors (Lipinski definition) is 7. The van der Waals surface area contributed by atoms with Gasteiger partial charge in [-0.15, -0.1) is 0 Å². The van der Waals surface area contributed by atoms with Crippen LogP contribution < -0.4 is 14.9 Å². The fourth-order valence-electron chi connectivity index (χ4n) is 3.05. The molecular weight excluding hydrogens is 434 g/mol. The Hall–Kier alpha value is -3.73. The second-order valence-electron chi connectivity index (χ2n) is 6.92. The van der Waals surface area contributed by atoms with Crippen molar-refractivity contribution in [3.8, 4) is 11.5 Å². The van der Waals surface area contributed by atoms with E-state index in [9.17, 15) is 14.9 Å². The Bertz CT molecular complexity index is 1220. The Morgan fingerprint density at radius 3 is 2.75 bits per heavy atom. The number of nitro benzene ring substituents is 1. The first-order valence-corrected chi connectivity index (χ1v) is 10.4. The van der Waals surface area contributed by atoms with Crippen LogP contribution >= 0.6 is 12.2 Å². The molecule has 32 heavy (non-hydrogen) atoms. The number of rotatable bonds is 10. The molecule has 0 unspecified atom stereocenters. The Balaban J connectivity index is 1.76. The summed E-state index contributed by atoms with van der Waals surface area (Å²) in [6.07, 6.45) is 4.06. The number of ether oxygens (including phenoxy) is 2. The molecule has 10 nitrogen and oxygen atoms in total. The van der Waals surface area contributed by atoms with Gasteiger partial charge in [-0.2, -0.15) is 5.10 Å². The Kier molecular flexibility index (Phi) is 7.55. The van der Waals surface area contributed by atoms with Crippen LogP contribution in [0.1, 0.15) is 42.1 Å². The molecule has 1 amide bonds. The third kappa shape index (κ3) is 5.49. The highest BCUT2D eigenvalue weighted by molar-refractivity contribution is 7.71. The second kappa shape index (κ2) is 10.5. The second-order valence-corrected chi connectivity index (χ2v) is 7.33. The van der Waals surface area contributed by atoms with E-state index in [4.69, 9.17) is 21.7 Å². The molecule has 0 fully saturated rings. The van der Waals surface area contributed by atoms with Crippen molar-refractivity contribution in [1.82, 2.24) is 15.4 Å². The number of hydrazone groups is 1. The molecule has 0 aliphatic carbocycles. The number of methoxy groups -OCH3 is 1. The molecule has 0 aliphatic rings. The lowest BCUT2D eigenvalue weighted by atomic mass is 10.2. The van der Waals surface area contributed by atoms with E-state index in [0.29, 0.717) is 28.0 Å². The van der Waals surface area contributed by atoms with E-state index < -0.39 is 10.8 Å². The van der Waals surface area contributed by atoms with E-state index in [2.05, 4.69) is 27.4 Å². The monoisotopic (exact) mass is 457 g/mol. The summed E-state index contributed by atoms with van der Waals surface area (Å²) in [4.78, 5) is 29.3. The summed E-state index contributed by atoms with van der Waals surface area (Å²) in [5.74, 6) is -0.149. The van der Waals surface area contributed by atoms with Gasteiger partial charge in [-0.05, 0) is 42.9 Å². The van der Waals surface area contributed by atoms with Crippen LogP contribution in [0.5, 0.6) is 11.5 Å². The molecule has 11 heteroatoms. The van der Waals surface area contributed by atoms with Crippen molar-refractivity contribution in [2.45, 2.75) is 26.2 Å². The number of carbonyl (C=O) groups is 1. The third-order valence-corrected chi connectivity index (χ3v) is 4.83. The van der Waals surface area contributed by atoms with Gasteiger partial charge >= 0.3 is 5.69 Å². The Morgan fingerprint density at radius 1 is 1.25 bits per heavy atom. The van der Waals surface area contributed by atoms with E-state index >= 15 is 0 Å². The van der Waals surface area contributed by atoms with E-state index in [1.807, 2.05) is 0 Å². The van der Waals surface area contributed by atoms with Crippen molar-refractivity contribution in [3.05, 3.63) is 56.3 Å². The zero-order chi connectivity index (χ0) is 23.1. The largest absolute Gasteiger partial charge is 0.493 e. The number of aromatic nitrogens is 2. The first kappa shape index (κ1) is 22.9. The molecule has 168 valence electrons. The van der Waals surface area contributed by atoms with Crippen LogP contribution in [0.15, 0.2) is 35.4 Å². The first-order chi connectivity index (χ1) is 15.4. The van der Waals surface area contributed by atoms with Crippen molar-refractivity contribution in [2.24, 2.45) is 5.10 Å². The molecule has 1 aromatic heterocycles. The van der Waals surface area contributed by atoms with Gasteiger partial charge in [0, 0.05) is 17.2 Å². The highest BCUT2D eigenvalue weighted by Gasteiger charge is 2.22. The molecule has 3 rings (SSSR count). The average molecular weight is 458 g/mol. The van der Waals surface area contributed by atoms with Gasteiger partial charge in [-0.3, -0.25) is 14.9 Å². The number of hydrogen-bond donors (Lipinski definition) is 3. The summed E-state index contributed by atoms with van der Waals surface area (Å²) in [7, 11) is 1.41. The van der Waals surface area contributed by atoms with Gasteiger partial charge < -0.3 is 19.4 Å². The lowest BCUT2D eigenvalue weighted by Crippen LogP contribution is -2.17. The molecule has 3 aromatic rings. The van der Waals surface area contributed by atoms with Crippen molar-refractivity contribution in [3.63, 3.8) is 0 Å². The molecule has 0 spiro atoms. The topological polar surface area (TPSA) is 135 Å². The van der Waals surface area contributed by atoms with E-state index in [0.717, 1.165) is 24.8 Å². The number of imidazole rings is 1. The molecule has 1 heterocycles. The molecule has 0 aliphatic heterocycles. The molecule has 0 bridgehead atoms. The molecule has 0 saturated heterocycles. The summed E-state index contributed by atoms with van der Waals surface area (Å²) in [6, 6.07) is 7.88. The molecule has 0 radical (unpaired) electrons. The highest BCUT2D eigenvalue weighted by Crippen LogP contribution is 2.38. The number of unbranched alkanes of at least 4 members (excludes halogenated alkanes) is 2. The van der Waals surface area contributed by atoms with Gasteiger partial charge in [0.25, 0.3) is 5.91 Å². The minimum atomic E-state index is -0.538. The van der Waals surface area contributed by atoms with Gasteiger partial charge in [0.2, 0.25) is 5.75 Å². The maximum absolute atomic E-state index is 12.4.